The van der Waals surface area contributed by atoms with Gasteiger partial charge in [0.05, 0.1) is 118 Å². The van der Waals surface area contributed by atoms with Gasteiger partial charge in [-0.3, -0.25) is 4.79 Å². The van der Waals surface area contributed by atoms with Crippen LogP contribution in [0.3, 0.4) is 0 Å². The van der Waals surface area contributed by atoms with Gasteiger partial charge in [0.25, 0.3) is 0 Å². The summed E-state index contributed by atoms with van der Waals surface area (Å²) in [6, 6.07) is 116. The van der Waals surface area contributed by atoms with Gasteiger partial charge in [-0.05, 0) is 73.7 Å². The van der Waals surface area contributed by atoms with Crippen molar-refractivity contribution in [3.63, 3.8) is 0 Å². The van der Waals surface area contributed by atoms with Crippen LogP contribution >= 0.6 is 0 Å². The summed E-state index contributed by atoms with van der Waals surface area (Å²) < 4.78 is 153. The Morgan fingerprint density at radius 1 is 0.262 bits per heavy atom. The van der Waals surface area contributed by atoms with E-state index in [1.165, 1.54) is 6.92 Å². The molecule has 5 aliphatic heterocycles. The minimum Gasteiger partial charge on any atom is -0.387 e. The Morgan fingerprint density at radius 2 is 0.525 bits per heavy atom. The van der Waals surface area contributed by atoms with Crippen LogP contribution < -0.4 is 5.32 Å². The summed E-state index contributed by atoms with van der Waals surface area (Å²) in [6.45, 7) is 3.80. The molecule has 1 amide bonds. The third-order valence-corrected chi connectivity index (χ3v) is 25.5. The topological polar surface area (TPSA) is 263 Å². The number of benzene rings is 12. The van der Waals surface area contributed by atoms with Gasteiger partial charge in [-0.15, -0.1) is 0 Å². The van der Waals surface area contributed by atoms with Gasteiger partial charge >= 0.3 is 0 Å². The number of carbonyl (C=O) groups is 1. The first-order valence-corrected chi connectivity index (χ1v) is 48.7. The zero-order chi connectivity index (χ0) is 96.4. The second kappa shape index (κ2) is 53.5. The van der Waals surface area contributed by atoms with Crippen LogP contribution in [0.2, 0.25) is 0 Å². The molecule has 24 atom stereocenters. The number of hydrogen-bond donors (Lipinski definition) is 3. The van der Waals surface area contributed by atoms with Crippen molar-refractivity contribution in [2.75, 3.05) is 26.4 Å². The van der Waals surface area contributed by atoms with Crippen molar-refractivity contribution < 1.29 is 114 Å². The predicted octanol–water partition coefficient (Wildman–Crippen LogP) is 17.0. The molecular weight excluding hydrogens is 1790 g/mol. The lowest BCUT2D eigenvalue weighted by molar-refractivity contribution is -0.395. The molecule has 0 aromatic heterocycles. The molecule has 5 heterocycles. The Kier molecular flexibility index (Phi) is 38.6. The van der Waals surface area contributed by atoms with Crippen molar-refractivity contribution in [2.45, 2.75) is 247 Å². The Bertz CT molecular complexity index is 5510. The van der Waals surface area contributed by atoms with E-state index < -0.39 is 153 Å². The van der Waals surface area contributed by atoms with Gasteiger partial charge in [-0.2, -0.15) is 0 Å². The maximum atomic E-state index is 15.2. The van der Waals surface area contributed by atoms with E-state index in [0.717, 1.165) is 66.8 Å². The van der Waals surface area contributed by atoms with Gasteiger partial charge < -0.3 is 115 Å². The van der Waals surface area contributed by atoms with E-state index in [9.17, 15) is 10.2 Å². The van der Waals surface area contributed by atoms with Crippen LogP contribution in [0.5, 0.6) is 0 Å². The number of aliphatic hydroxyl groups is 2. The van der Waals surface area contributed by atoms with Gasteiger partial charge in [0.1, 0.15) is 104 Å². The molecule has 0 aliphatic carbocycles. The van der Waals surface area contributed by atoms with Gasteiger partial charge in [-0.25, -0.2) is 0 Å². The molecular formula is C116H127NO24. The molecule has 25 nitrogen and oxygen atoms in total. The Balaban J connectivity index is 0.810. The zero-order valence-electron chi connectivity index (χ0n) is 79.4. The van der Waals surface area contributed by atoms with Crippen LogP contribution in [0.15, 0.2) is 364 Å². The van der Waals surface area contributed by atoms with Crippen molar-refractivity contribution in [3.05, 3.63) is 431 Å². The third-order valence-electron chi connectivity index (χ3n) is 25.5. The number of nitrogens with one attached hydrogen (secondary N) is 1. The molecule has 740 valence electrons. The van der Waals surface area contributed by atoms with E-state index in [1.807, 2.05) is 371 Å². The molecule has 5 aliphatic rings. The van der Waals surface area contributed by atoms with Crippen molar-refractivity contribution in [2.24, 2.45) is 0 Å². The Morgan fingerprint density at radius 3 is 0.894 bits per heavy atom. The Labute approximate surface area is 825 Å². The summed E-state index contributed by atoms with van der Waals surface area (Å²) in [5.41, 5.74) is 10.3. The third kappa shape index (κ3) is 29.7. The largest absolute Gasteiger partial charge is 0.387 e. The van der Waals surface area contributed by atoms with Crippen LogP contribution in [0.4, 0.5) is 0 Å². The van der Waals surface area contributed by atoms with E-state index in [2.05, 4.69) is 5.32 Å². The standard InChI is InChI=1S/C116H127NO24/c1-80-102(126-69-87-49-25-8-26-50-87)108(128-71-89-53-29-10-30-54-89)112(132-75-93-61-37-14-38-62-93)115(133-80)140-106-100(117-81(2)118)114(137-98(79-124-67-85-45-21-6-22-46-85)104(106)138-99-63-94(125-68-86-47-23-7-24-48-86)103(127-70-88-51-27-9-28-52-88)96(134-99)77-122-65-83-41-17-4-18-42-83)141-107-101(119)95(76-121-64-82-39-15-3-16-40-82)136-116(111(107)131-74-92-59-35-13-36-60-92)139-105-97(78-123-66-84-43-19-5-20-44-84)135-113(120)110(130-73-91-57-33-12-34-58-91)109(105)129-72-90-55-31-11-32-56-90/h3-62,80,94-116,119-120H,63-79H2,1-2H3,(H,117,118)/t80-,94+,95+,96+,97+,98+,99-,100+,101-,102+,103+,104+,105+,106+,107-,108+,109-,110+,111+,112-,113+,114-,115-,116-/m0/s1. The van der Waals surface area contributed by atoms with Crippen LogP contribution in [-0.4, -0.2) is 190 Å². The summed E-state index contributed by atoms with van der Waals surface area (Å²) in [6.07, 6.45) is -28.9. The molecule has 17 rings (SSSR count). The number of hydrogen-bond acceptors (Lipinski definition) is 24. The van der Waals surface area contributed by atoms with E-state index in [-0.39, 0.29) is 112 Å². The van der Waals surface area contributed by atoms with Crippen molar-refractivity contribution in [3.8, 4) is 0 Å². The minimum atomic E-state index is -1.72. The van der Waals surface area contributed by atoms with Crippen LogP contribution in [0.1, 0.15) is 87.0 Å². The smallest absolute Gasteiger partial charge is 0.217 e. The van der Waals surface area contributed by atoms with Crippen LogP contribution in [0.25, 0.3) is 0 Å². The molecule has 3 N–H and O–H groups in total. The first-order chi connectivity index (χ1) is 69.5. The quantitative estimate of drug-likeness (QED) is 0.0320. The highest BCUT2D eigenvalue weighted by atomic mass is 16.8. The Hall–Kier alpha value is -10.8. The van der Waals surface area contributed by atoms with Crippen LogP contribution in [-0.2, 0) is 184 Å². The van der Waals surface area contributed by atoms with Gasteiger partial charge in [0, 0.05) is 13.3 Å². The number of ether oxygens (including phenoxy) is 21. The van der Waals surface area contributed by atoms with Crippen LogP contribution in [0, 0.1) is 0 Å². The fourth-order valence-corrected chi connectivity index (χ4v) is 18.3. The fraction of sp³-hybridized carbons (Fsp3) is 0.371. The summed E-state index contributed by atoms with van der Waals surface area (Å²) in [4.78, 5) is 15.2. The minimum absolute atomic E-state index is 0.00695. The van der Waals surface area contributed by atoms with Gasteiger partial charge in [0.2, 0.25) is 5.91 Å². The van der Waals surface area contributed by atoms with E-state index >= 15 is 4.79 Å². The fourth-order valence-electron chi connectivity index (χ4n) is 18.3. The average Bonchev–Trinajstić information content (AvgIpc) is 0.754. The lowest BCUT2D eigenvalue weighted by atomic mass is 9.93. The van der Waals surface area contributed by atoms with E-state index in [1.54, 1.807) is 0 Å². The highest BCUT2D eigenvalue weighted by Crippen LogP contribution is 2.42. The van der Waals surface area contributed by atoms with Gasteiger partial charge in [-0.1, -0.05) is 364 Å². The normalized spacial score (nSPS) is 27.3. The number of carbonyl (C=O) groups excluding carboxylic acids is 1. The molecule has 12 aromatic rings. The lowest BCUT2D eigenvalue weighted by Gasteiger charge is -2.53. The number of amides is 1. The maximum absolute atomic E-state index is 15.2. The lowest BCUT2D eigenvalue weighted by Crippen LogP contribution is -2.71. The maximum Gasteiger partial charge on any atom is 0.217 e. The highest BCUT2D eigenvalue weighted by Gasteiger charge is 2.60. The second-order valence-electron chi connectivity index (χ2n) is 36.0. The molecule has 0 spiro atoms. The van der Waals surface area contributed by atoms with Crippen molar-refractivity contribution in [1.82, 2.24) is 5.32 Å². The van der Waals surface area contributed by atoms with Gasteiger partial charge in [0.15, 0.2) is 31.5 Å². The second-order valence-corrected chi connectivity index (χ2v) is 36.0. The average molecular weight is 1920 g/mol. The molecule has 12 aromatic carbocycles. The molecule has 141 heavy (non-hydrogen) atoms. The SMILES string of the molecule is CC(=O)N[C@H]1[C@H](O[C@H]2[C@@H](O)[C@@H](COCc3ccccc3)O[C@@H](O[C@H]3[C@H](OCc4ccccc4)[C@@H](OCc4ccccc4)[C@H](O)O[C@@H]3COCc3ccccc3)[C@@H]2OCc2ccccc2)O[C@H](COCc2ccccc2)[C@@H](O[C@H]2C[C@@H](OCc3ccccc3)[C@@H](OCc3ccccc3)[C@@H](COCc3ccccc3)O2)[C@@H]1O[C@@H]1O[C@@H](C)[C@@H](OCc2ccccc2)[C@@H](OCc2ccccc2)[C@@H]1OCc1ccccc1. The summed E-state index contributed by atoms with van der Waals surface area (Å²) in [5, 5.41) is 30.0. The molecule has 5 saturated heterocycles. The highest BCUT2D eigenvalue weighted by molar-refractivity contribution is 5.73. The monoisotopic (exact) mass is 1920 g/mol. The molecule has 25 heteroatoms. The molecule has 0 unspecified atom stereocenters. The first kappa shape index (κ1) is 102. The first-order valence-electron chi connectivity index (χ1n) is 48.7. The molecule has 0 radical (unpaired) electrons. The summed E-state index contributed by atoms with van der Waals surface area (Å²) >= 11 is 0. The van der Waals surface area contributed by atoms with E-state index in [4.69, 9.17) is 99.5 Å². The van der Waals surface area contributed by atoms with E-state index in [0.29, 0.717) is 0 Å². The summed E-state index contributed by atoms with van der Waals surface area (Å²) in [7, 11) is 0. The zero-order valence-corrected chi connectivity index (χ0v) is 79.4. The molecule has 5 fully saturated rings. The molecule has 0 bridgehead atoms. The number of aliphatic hydroxyl groups excluding tert-OH is 2. The summed E-state index contributed by atoms with van der Waals surface area (Å²) in [5.74, 6) is -0.558. The predicted molar refractivity (Wildman–Crippen MR) is 523 cm³/mol. The number of rotatable bonds is 49. The van der Waals surface area contributed by atoms with Crippen molar-refractivity contribution >= 4 is 5.91 Å². The van der Waals surface area contributed by atoms with Crippen molar-refractivity contribution in [1.29, 1.82) is 0 Å². The molecule has 0 saturated carbocycles.